The van der Waals surface area contributed by atoms with Crippen LogP contribution in [-0.2, 0) is 0 Å². The molecule has 54 heavy (non-hydrogen) atoms. The van der Waals surface area contributed by atoms with Gasteiger partial charge in [-0.1, -0.05) is 0 Å². The fraction of sp³-hybridized carbons (Fsp3) is 0. The molecule has 1 aliphatic heterocycles. The van der Waals surface area contributed by atoms with Gasteiger partial charge in [0.05, 0.1) is 0 Å². The normalized spacial score (nSPS) is 17.3. The fourth-order valence-corrected chi connectivity index (χ4v) is 13.2. The number of hydrogen-bond donors (Lipinski definition) is 3. The molecule has 0 bridgehead atoms. The van der Waals surface area contributed by atoms with E-state index in [4.69, 9.17) is 49.5 Å². The first kappa shape index (κ1) is 38.1. The second-order valence-corrected chi connectivity index (χ2v) is 19.9. The minimum absolute atomic E-state index is 0.169. The van der Waals surface area contributed by atoms with Crippen LogP contribution in [0, 0.1) is 0 Å². The van der Waals surface area contributed by atoms with Gasteiger partial charge in [0, 0.05) is 0 Å². The Balaban J connectivity index is 1.52. The Morgan fingerprint density at radius 2 is 0.796 bits per heavy atom. The zero-order valence-electron chi connectivity index (χ0n) is 27.9. The molecule has 276 valence electrons. The third-order valence-corrected chi connectivity index (χ3v) is 16.0. The van der Waals surface area contributed by atoms with Crippen molar-refractivity contribution in [2.45, 2.75) is 0 Å². The molecule has 0 saturated heterocycles. The van der Waals surface area contributed by atoms with E-state index >= 15 is 0 Å². The molecule has 0 spiro atoms. The number of hydrogen-bond acceptors (Lipinski definition) is 12. The number of anilines is 3. The summed E-state index contributed by atoms with van der Waals surface area (Å²) in [6, 6.07) is 42.2. The van der Waals surface area contributed by atoms with E-state index in [1.165, 1.54) is 9.21 Å². The Morgan fingerprint density at radius 3 is 1.19 bits per heavy atom. The van der Waals surface area contributed by atoms with Crippen molar-refractivity contribution in [2.75, 3.05) is 17.2 Å². The van der Waals surface area contributed by atoms with E-state index in [1.807, 2.05) is 36.4 Å². The molecule has 12 nitrogen and oxygen atoms in total. The summed E-state index contributed by atoms with van der Waals surface area (Å²) < 4.78 is 38.8. The molecule has 0 aliphatic carbocycles. The van der Waals surface area contributed by atoms with Crippen LogP contribution in [0.2, 0.25) is 0 Å². The Bertz CT molecular complexity index is 2110. The Kier molecular flexibility index (Phi) is 11.5. The van der Waals surface area contributed by atoms with E-state index in [9.17, 15) is 0 Å². The average molecular weight is 975 g/mol. The van der Waals surface area contributed by atoms with Gasteiger partial charge in [-0.25, -0.2) is 0 Å². The summed E-state index contributed by atoms with van der Waals surface area (Å²) in [5.41, 5.74) is 19.8. The number of halogens is 3. The van der Waals surface area contributed by atoms with Crippen LogP contribution < -0.4 is 45.0 Å². The summed E-state index contributed by atoms with van der Waals surface area (Å²) in [5.74, 6) is 2.27. The quantitative estimate of drug-likeness (QED) is 0.0793. The fourth-order valence-electron chi connectivity index (χ4n) is 4.70. The van der Waals surface area contributed by atoms with Gasteiger partial charge in [0.15, 0.2) is 0 Å². The van der Waals surface area contributed by atoms with Gasteiger partial charge >= 0.3 is 342 Å². The summed E-state index contributed by atoms with van der Waals surface area (Å²) >= 11 is 10.6. The zero-order valence-corrected chi connectivity index (χ0v) is 35.3. The predicted octanol–water partition coefficient (Wildman–Crippen LogP) is 12.3. The van der Waals surface area contributed by atoms with Gasteiger partial charge in [-0.3, -0.25) is 0 Å². The van der Waals surface area contributed by atoms with Crippen molar-refractivity contribution < 1.29 is 27.8 Å². The molecule has 1 heterocycles. The molecule has 6 N–H and O–H groups in total. The van der Waals surface area contributed by atoms with Gasteiger partial charge in [0.2, 0.25) is 0 Å². The van der Waals surface area contributed by atoms with E-state index in [1.54, 1.807) is 109 Å². The van der Waals surface area contributed by atoms with E-state index in [2.05, 4.69) is 47.8 Å². The SMILES string of the molecule is Nc1ccc(ON2P=NP(Oc3ccc(Br)cc3)(Oc3ccc(Br)cc3)(Oc3ccc(Br)cc3)N(Oc3ccc(N)cc3)P2Oc2ccc(N)cc2)cc1. The van der Waals surface area contributed by atoms with Gasteiger partial charge in [-0.05, 0) is 0 Å². The molecule has 0 amide bonds. The molecule has 1 aliphatic rings. The molecule has 18 heteroatoms. The number of nitrogens with zero attached hydrogens (tertiary/aromatic N) is 3. The number of nitrogens with two attached hydrogens (primary N) is 3. The topological polar surface area (TPSA) is 152 Å². The van der Waals surface area contributed by atoms with E-state index < -0.39 is 16.0 Å². The molecule has 6 aromatic carbocycles. The first-order valence-electron chi connectivity index (χ1n) is 15.9. The first-order valence-corrected chi connectivity index (χ1v) is 22.1. The van der Waals surface area contributed by atoms with Crippen molar-refractivity contribution in [1.82, 2.24) is 9.21 Å². The van der Waals surface area contributed by atoms with Gasteiger partial charge in [0.1, 0.15) is 0 Å². The number of rotatable bonds is 12. The molecular formula is C36H30Br3N6O6P3. The third kappa shape index (κ3) is 8.86. The second-order valence-electron chi connectivity index (χ2n) is 11.4. The van der Waals surface area contributed by atoms with Gasteiger partial charge in [-0.15, -0.1) is 0 Å². The van der Waals surface area contributed by atoms with Crippen molar-refractivity contribution >= 4 is 89.4 Å². The van der Waals surface area contributed by atoms with Crippen LogP contribution in [-0.4, -0.2) is 9.21 Å². The van der Waals surface area contributed by atoms with Crippen LogP contribution in [0.3, 0.4) is 0 Å². The summed E-state index contributed by atoms with van der Waals surface area (Å²) in [4.78, 5) is 13.4. The van der Waals surface area contributed by atoms with Crippen molar-refractivity contribution in [3.8, 4) is 34.5 Å². The molecule has 0 aromatic heterocycles. The summed E-state index contributed by atoms with van der Waals surface area (Å²) in [6.07, 6.45) is 0. The standard InChI is InChI=1S/C36H30Br3N6O6P3/c37-25-1-13-34(14-2-25)49-54(50-35-15-3-26(38)4-16-35,51-36-17-5-27(39)6-18-36)43-52-44(46-31-19-7-28(40)8-20-31)53(48-33-23-11-30(42)12-24-33)45(54)47-32-21-9-29(41)10-22-32/h1-24H,40-42H2. The van der Waals surface area contributed by atoms with Crippen molar-refractivity contribution in [3.63, 3.8) is 0 Å². The van der Waals surface area contributed by atoms with Crippen molar-refractivity contribution in [1.29, 1.82) is 0 Å². The predicted molar refractivity (Wildman–Crippen MR) is 226 cm³/mol. The molecule has 0 saturated carbocycles. The van der Waals surface area contributed by atoms with E-state index in [0.717, 1.165) is 13.4 Å². The van der Waals surface area contributed by atoms with Crippen LogP contribution in [0.25, 0.3) is 0 Å². The summed E-state index contributed by atoms with van der Waals surface area (Å²) in [7, 11) is -7.54. The Hall–Kier alpha value is -4.16. The maximum atomic E-state index is 7.13. The molecule has 1 unspecified atom stereocenters. The summed E-state index contributed by atoms with van der Waals surface area (Å²) in [6.45, 7) is 0. The van der Waals surface area contributed by atoms with Crippen LogP contribution in [0.1, 0.15) is 0 Å². The van der Waals surface area contributed by atoms with Gasteiger partial charge < -0.3 is 0 Å². The second kappa shape index (κ2) is 16.3. The Labute approximate surface area is 339 Å². The van der Waals surface area contributed by atoms with E-state index in [0.29, 0.717) is 51.6 Å². The maximum absolute atomic E-state index is 7.13. The van der Waals surface area contributed by atoms with Crippen molar-refractivity contribution in [2.24, 2.45) is 4.52 Å². The Morgan fingerprint density at radius 1 is 0.463 bits per heavy atom. The molecule has 6 aromatic rings. The monoisotopic (exact) mass is 972 g/mol. The molecular weight excluding hydrogens is 945 g/mol. The van der Waals surface area contributed by atoms with E-state index in [-0.39, 0.29) is 8.52 Å². The number of nitrogen functional groups attached to an aromatic ring is 3. The molecule has 0 fully saturated rings. The van der Waals surface area contributed by atoms with Crippen LogP contribution in [0.5, 0.6) is 34.5 Å². The summed E-state index contributed by atoms with van der Waals surface area (Å²) in [5, 5.41) is 0. The molecule has 7 rings (SSSR count). The number of benzene rings is 6. The zero-order chi connectivity index (χ0) is 37.7. The van der Waals surface area contributed by atoms with Crippen molar-refractivity contribution in [3.05, 3.63) is 159 Å². The minimum atomic E-state index is -5.39. The van der Waals surface area contributed by atoms with Crippen LogP contribution in [0.4, 0.5) is 17.1 Å². The van der Waals surface area contributed by atoms with Crippen LogP contribution in [0.15, 0.2) is 164 Å². The third-order valence-electron chi connectivity index (χ3n) is 7.27. The average Bonchev–Trinajstić information content (AvgIpc) is 3.17. The van der Waals surface area contributed by atoms with Gasteiger partial charge in [0.25, 0.3) is 0 Å². The first-order chi connectivity index (χ1) is 26.0. The van der Waals surface area contributed by atoms with Gasteiger partial charge in [-0.2, -0.15) is 0 Å². The molecule has 1 atom stereocenters. The molecule has 0 radical (unpaired) electrons. The van der Waals surface area contributed by atoms with Crippen LogP contribution >= 0.6 is 72.3 Å².